The Hall–Kier alpha value is -3.43. The van der Waals surface area contributed by atoms with Crippen LogP contribution in [0.25, 0.3) is 0 Å². The molecular formula is C21H28N2O8. The van der Waals surface area contributed by atoms with Crippen LogP contribution in [0, 0.1) is 5.92 Å². The van der Waals surface area contributed by atoms with E-state index >= 15 is 0 Å². The van der Waals surface area contributed by atoms with Crippen LogP contribution in [0.5, 0.6) is 0 Å². The standard InChI is InChI=1S/C21H28N2O8/c1-7-31-20(28)17(25)23(13-11-9-8-10-12-13)15(19(27)30-6)14(18(26)29-5)16(24)22-21(2,3)4/h8-12,14-15H,7H2,1-6H3,(H,22,24). The van der Waals surface area contributed by atoms with Gasteiger partial charge in [0.05, 0.1) is 20.8 Å². The normalized spacial score (nSPS) is 12.7. The number of carbonyl (C=O) groups excluding carboxylic acids is 5. The van der Waals surface area contributed by atoms with E-state index in [1.165, 1.54) is 19.1 Å². The molecule has 0 radical (unpaired) electrons. The van der Waals surface area contributed by atoms with E-state index in [-0.39, 0.29) is 12.3 Å². The molecule has 31 heavy (non-hydrogen) atoms. The van der Waals surface area contributed by atoms with Crippen molar-refractivity contribution < 1.29 is 38.2 Å². The molecule has 0 saturated heterocycles. The first-order chi connectivity index (χ1) is 14.5. The maximum absolute atomic E-state index is 13.0. The molecule has 0 heterocycles. The number of carbonyl (C=O) groups is 5. The van der Waals surface area contributed by atoms with E-state index in [0.29, 0.717) is 4.90 Å². The van der Waals surface area contributed by atoms with Gasteiger partial charge in [-0.25, -0.2) is 9.59 Å². The molecule has 2 atom stereocenters. The first kappa shape index (κ1) is 25.6. The van der Waals surface area contributed by atoms with E-state index in [4.69, 9.17) is 14.2 Å². The molecular weight excluding hydrogens is 408 g/mol. The number of methoxy groups -OCH3 is 2. The summed E-state index contributed by atoms with van der Waals surface area (Å²) in [4.78, 5) is 64.3. The maximum Gasteiger partial charge on any atom is 0.397 e. The number of hydrogen-bond donors (Lipinski definition) is 1. The number of hydrogen-bond acceptors (Lipinski definition) is 8. The Morgan fingerprint density at radius 3 is 1.97 bits per heavy atom. The summed E-state index contributed by atoms with van der Waals surface area (Å²) < 4.78 is 14.3. The highest BCUT2D eigenvalue weighted by Gasteiger charge is 2.49. The second-order valence-corrected chi connectivity index (χ2v) is 7.44. The van der Waals surface area contributed by atoms with Crippen LogP contribution < -0.4 is 10.2 Å². The van der Waals surface area contributed by atoms with Crippen LogP contribution in [0.2, 0.25) is 0 Å². The molecule has 0 aliphatic heterocycles. The van der Waals surface area contributed by atoms with Crippen LogP contribution in [0.1, 0.15) is 27.7 Å². The average Bonchev–Trinajstić information content (AvgIpc) is 2.71. The first-order valence-corrected chi connectivity index (χ1v) is 9.51. The zero-order valence-electron chi connectivity index (χ0n) is 18.5. The van der Waals surface area contributed by atoms with Gasteiger partial charge in [-0.2, -0.15) is 0 Å². The number of benzene rings is 1. The molecule has 0 bridgehead atoms. The minimum Gasteiger partial charge on any atom is -0.468 e. The van der Waals surface area contributed by atoms with Crippen molar-refractivity contribution in [2.75, 3.05) is 25.7 Å². The van der Waals surface area contributed by atoms with E-state index in [9.17, 15) is 24.0 Å². The summed E-state index contributed by atoms with van der Waals surface area (Å²) in [5, 5.41) is 2.59. The van der Waals surface area contributed by atoms with Crippen LogP contribution >= 0.6 is 0 Å². The van der Waals surface area contributed by atoms with Gasteiger partial charge in [-0.15, -0.1) is 0 Å². The topological polar surface area (TPSA) is 128 Å². The quantitative estimate of drug-likeness (QED) is 0.288. The van der Waals surface area contributed by atoms with Crippen LogP contribution in [0.15, 0.2) is 30.3 Å². The molecule has 0 aromatic heterocycles. The molecule has 2 amide bonds. The van der Waals surface area contributed by atoms with Crippen molar-refractivity contribution in [3.63, 3.8) is 0 Å². The van der Waals surface area contributed by atoms with Crippen LogP contribution in [-0.4, -0.2) is 62.1 Å². The Morgan fingerprint density at radius 2 is 1.52 bits per heavy atom. The molecule has 10 heteroatoms. The van der Waals surface area contributed by atoms with E-state index in [1.54, 1.807) is 39.0 Å². The van der Waals surface area contributed by atoms with Crippen molar-refractivity contribution in [3.8, 4) is 0 Å². The van der Waals surface area contributed by atoms with Crippen molar-refractivity contribution in [1.82, 2.24) is 5.32 Å². The number of anilines is 1. The Bertz CT molecular complexity index is 816. The Kier molecular flexibility index (Phi) is 9.16. The van der Waals surface area contributed by atoms with Crippen molar-refractivity contribution >= 4 is 35.4 Å². The SMILES string of the molecule is CCOC(=O)C(=O)N(c1ccccc1)C(C(=O)OC)C(C(=O)NC(C)(C)C)C(=O)OC. The number of nitrogens with one attached hydrogen (secondary N) is 1. The third kappa shape index (κ3) is 6.80. The fourth-order valence-corrected chi connectivity index (χ4v) is 2.75. The molecule has 0 saturated carbocycles. The van der Waals surface area contributed by atoms with Gasteiger partial charge in [-0.1, -0.05) is 18.2 Å². The Morgan fingerprint density at radius 1 is 0.968 bits per heavy atom. The number of para-hydroxylation sites is 1. The lowest BCUT2D eigenvalue weighted by molar-refractivity contribution is -0.160. The predicted molar refractivity (Wildman–Crippen MR) is 110 cm³/mol. The van der Waals surface area contributed by atoms with Gasteiger partial charge in [-0.05, 0) is 39.8 Å². The lowest BCUT2D eigenvalue weighted by Crippen LogP contribution is -2.59. The molecule has 0 aliphatic carbocycles. The molecule has 0 aliphatic rings. The number of esters is 3. The first-order valence-electron chi connectivity index (χ1n) is 9.51. The highest BCUT2D eigenvalue weighted by Crippen LogP contribution is 2.25. The molecule has 170 valence electrons. The van der Waals surface area contributed by atoms with Crippen molar-refractivity contribution in [2.24, 2.45) is 5.92 Å². The highest BCUT2D eigenvalue weighted by atomic mass is 16.5. The van der Waals surface area contributed by atoms with E-state index < -0.39 is 47.2 Å². The van der Waals surface area contributed by atoms with E-state index in [0.717, 1.165) is 14.2 Å². The third-order valence-corrected chi connectivity index (χ3v) is 3.98. The van der Waals surface area contributed by atoms with Gasteiger partial charge in [0.2, 0.25) is 5.91 Å². The Labute approximate surface area is 180 Å². The minimum atomic E-state index is -1.83. The summed E-state index contributed by atoms with van der Waals surface area (Å²) in [6.45, 7) is 6.42. The highest BCUT2D eigenvalue weighted by molar-refractivity contribution is 6.39. The van der Waals surface area contributed by atoms with E-state index in [2.05, 4.69) is 5.32 Å². The van der Waals surface area contributed by atoms with Gasteiger partial charge >= 0.3 is 23.8 Å². The summed E-state index contributed by atoms with van der Waals surface area (Å²) in [5.74, 6) is -7.40. The monoisotopic (exact) mass is 436 g/mol. The predicted octanol–water partition coefficient (Wildman–Crippen LogP) is 0.828. The van der Waals surface area contributed by atoms with Crippen molar-refractivity contribution in [1.29, 1.82) is 0 Å². The summed E-state index contributed by atoms with van der Waals surface area (Å²) in [6, 6.07) is 5.79. The van der Waals surface area contributed by atoms with Crippen molar-refractivity contribution in [2.45, 2.75) is 39.3 Å². The Balaban J connectivity index is 3.70. The zero-order valence-corrected chi connectivity index (χ0v) is 18.5. The maximum atomic E-state index is 13.0. The summed E-state index contributed by atoms with van der Waals surface area (Å²) >= 11 is 0. The van der Waals surface area contributed by atoms with E-state index in [1.807, 2.05) is 0 Å². The van der Waals surface area contributed by atoms with Crippen LogP contribution in [-0.2, 0) is 38.2 Å². The fraction of sp³-hybridized carbons (Fsp3) is 0.476. The number of ether oxygens (including phenoxy) is 3. The smallest absolute Gasteiger partial charge is 0.397 e. The third-order valence-electron chi connectivity index (χ3n) is 3.98. The molecule has 0 fully saturated rings. The van der Waals surface area contributed by atoms with Crippen LogP contribution in [0.3, 0.4) is 0 Å². The summed E-state index contributed by atoms with van der Waals surface area (Å²) in [5.41, 5.74) is -0.694. The van der Waals surface area contributed by atoms with Gasteiger partial charge in [-0.3, -0.25) is 19.3 Å². The summed E-state index contributed by atoms with van der Waals surface area (Å²) in [6.07, 6.45) is 0. The lowest BCUT2D eigenvalue weighted by atomic mass is 9.94. The minimum absolute atomic E-state index is 0.0772. The second kappa shape index (κ2) is 11.1. The fourth-order valence-electron chi connectivity index (χ4n) is 2.75. The molecule has 2 unspecified atom stereocenters. The second-order valence-electron chi connectivity index (χ2n) is 7.44. The molecule has 1 aromatic carbocycles. The molecule has 1 rings (SSSR count). The molecule has 0 spiro atoms. The van der Waals surface area contributed by atoms with Gasteiger partial charge in [0.25, 0.3) is 0 Å². The van der Waals surface area contributed by atoms with Crippen molar-refractivity contribution in [3.05, 3.63) is 30.3 Å². The number of rotatable bonds is 7. The number of nitrogens with zero attached hydrogens (tertiary/aromatic N) is 1. The molecule has 1 N–H and O–H groups in total. The average molecular weight is 436 g/mol. The largest absolute Gasteiger partial charge is 0.468 e. The molecule has 1 aromatic rings. The molecule has 10 nitrogen and oxygen atoms in total. The number of amides is 2. The lowest BCUT2D eigenvalue weighted by Gasteiger charge is -2.34. The summed E-state index contributed by atoms with van der Waals surface area (Å²) in [7, 11) is 2.07. The zero-order chi connectivity index (χ0) is 23.8. The van der Waals surface area contributed by atoms with Gasteiger partial charge < -0.3 is 19.5 Å². The van der Waals surface area contributed by atoms with Gasteiger partial charge in [0, 0.05) is 11.2 Å². The van der Waals surface area contributed by atoms with Crippen LogP contribution in [0.4, 0.5) is 5.69 Å². The van der Waals surface area contributed by atoms with Gasteiger partial charge in [0.15, 0.2) is 12.0 Å². The van der Waals surface area contributed by atoms with Gasteiger partial charge in [0.1, 0.15) is 0 Å².